The highest BCUT2D eigenvalue weighted by Gasteiger charge is 2.31. The summed E-state index contributed by atoms with van der Waals surface area (Å²) in [5.74, 6) is -0.00500. The Balaban J connectivity index is 1.58. The van der Waals surface area contributed by atoms with E-state index in [1.165, 1.54) is 5.56 Å². The van der Waals surface area contributed by atoms with Gasteiger partial charge in [0, 0.05) is 21.5 Å². The highest BCUT2D eigenvalue weighted by molar-refractivity contribution is 6.35. The maximum atomic E-state index is 13.6. The van der Waals surface area contributed by atoms with E-state index >= 15 is 0 Å². The fraction of sp³-hybridized carbons (Fsp3) is 0.267. The second kappa shape index (κ2) is 11.3. The molecule has 0 saturated carbocycles. The van der Waals surface area contributed by atoms with Gasteiger partial charge in [0.25, 0.3) is 5.91 Å². The molecule has 1 unspecified atom stereocenters. The smallest absolute Gasteiger partial charge is 0.272 e. The zero-order valence-corrected chi connectivity index (χ0v) is 22.8. The SMILES string of the molecule is C[C@@H](NC(=O)c1nn(-c2ccc(Cl)cc2Cl)c2c1CCCCC2Cc1ccc(Cl)cc1)c1ccccc1. The molecule has 37 heavy (non-hydrogen) atoms. The Morgan fingerprint density at radius 1 is 1.00 bits per heavy atom. The van der Waals surface area contributed by atoms with Crippen LogP contribution in [0.4, 0.5) is 0 Å². The molecule has 2 atom stereocenters. The summed E-state index contributed by atoms with van der Waals surface area (Å²) in [7, 11) is 0. The number of aromatic nitrogens is 2. The number of halogens is 3. The minimum atomic E-state index is -0.177. The van der Waals surface area contributed by atoms with Gasteiger partial charge < -0.3 is 5.32 Å². The van der Waals surface area contributed by atoms with E-state index in [1.54, 1.807) is 12.1 Å². The van der Waals surface area contributed by atoms with Gasteiger partial charge in [0.1, 0.15) is 0 Å². The molecule has 1 heterocycles. The lowest BCUT2D eigenvalue weighted by molar-refractivity contribution is 0.0933. The van der Waals surface area contributed by atoms with Crippen molar-refractivity contribution in [2.75, 3.05) is 0 Å². The van der Waals surface area contributed by atoms with Crippen molar-refractivity contribution in [2.24, 2.45) is 0 Å². The summed E-state index contributed by atoms with van der Waals surface area (Å²) in [5, 5.41) is 9.83. The van der Waals surface area contributed by atoms with E-state index in [-0.39, 0.29) is 17.9 Å². The molecule has 0 bridgehead atoms. The van der Waals surface area contributed by atoms with Crippen molar-refractivity contribution in [1.82, 2.24) is 15.1 Å². The van der Waals surface area contributed by atoms with Crippen molar-refractivity contribution in [2.45, 2.75) is 51.0 Å². The molecule has 0 saturated heterocycles. The van der Waals surface area contributed by atoms with E-state index in [1.807, 2.05) is 60.1 Å². The lowest BCUT2D eigenvalue weighted by Crippen LogP contribution is -2.28. The summed E-state index contributed by atoms with van der Waals surface area (Å²) in [4.78, 5) is 13.6. The van der Waals surface area contributed by atoms with E-state index in [2.05, 4.69) is 17.4 Å². The molecule has 0 fully saturated rings. The summed E-state index contributed by atoms with van der Waals surface area (Å²) >= 11 is 19.0. The lowest BCUT2D eigenvalue weighted by Gasteiger charge is -2.19. The second-order valence-corrected chi connectivity index (χ2v) is 10.9. The van der Waals surface area contributed by atoms with Crippen LogP contribution < -0.4 is 5.32 Å². The molecule has 0 radical (unpaired) electrons. The van der Waals surface area contributed by atoms with Crippen LogP contribution >= 0.6 is 34.8 Å². The first-order valence-corrected chi connectivity index (χ1v) is 13.7. The fourth-order valence-corrected chi connectivity index (χ4v) is 5.79. The normalized spacial score (nSPS) is 16.1. The Kier molecular flexibility index (Phi) is 7.89. The molecular formula is C30H28Cl3N3O. The van der Waals surface area contributed by atoms with Crippen LogP contribution in [-0.2, 0) is 12.8 Å². The third-order valence-corrected chi connectivity index (χ3v) is 7.82. The van der Waals surface area contributed by atoms with Gasteiger partial charge in [-0.3, -0.25) is 4.79 Å². The molecule has 7 heteroatoms. The molecule has 4 aromatic rings. The number of carbonyl (C=O) groups is 1. The van der Waals surface area contributed by atoms with Gasteiger partial charge in [-0.25, -0.2) is 4.68 Å². The molecule has 1 amide bonds. The van der Waals surface area contributed by atoms with Crippen molar-refractivity contribution < 1.29 is 4.79 Å². The molecule has 0 aliphatic heterocycles. The molecule has 1 aliphatic carbocycles. The molecule has 3 aromatic carbocycles. The summed E-state index contributed by atoms with van der Waals surface area (Å²) < 4.78 is 1.88. The first-order valence-electron chi connectivity index (χ1n) is 12.6. The van der Waals surface area contributed by atoms with Crippen LogP contribution in [-0.4, -0.2) is 15.7 Å². The highest BCUT2D eigenvalue weighted by Crippen LogP contribution is 2.38. The number of carbonyl (C=O) groups excluding carboxylic acids is 1. The molecule has 1 N–H and O–H groups in total. The average molecular weight is 553 g/mol. The fourth-order valence-electron chi connectivity index (χ4n) is 5.17. The average Bonchev–Trinajstić information content (AvgIpc) is 3.14. The van der Waals surface area contributed by atoms with E-state index in [9.17, 15) is 4.79 Å². The number of nitrogens with zero attached hydrogens (tertiary/aromatic N) is 2. The van der Waals surface area contributed by atoms with Crippen molar-refractivity contribution in [3.05, 3.63) is 116 Å². The Bertz CT molecular complexity index is 1400. The number of benzene rings is 3. The molecule has 4 nitrogen and oxygen atoms in total. The van der Waals surface area contributed by atoms with Gasteiger partial charge in [-0.15, -0.1) is 0 Å². The molecule has 1 aromatic heterocycles. The standard InChI is InChI=1S/C30H28Cl3N3O/c1-19(21-7-3-2-4-8-21)34-30(37)28-25-10-6-5-9-22(17-20-11-13-23(31)14-12-20)29(25)36(35-28)27-16-15-24(32)18-26(27)33/h2-4,7-8,11-16,18-19,22H,5-6,9-10,17H2,1H3,(H,34,37)/t19-,22?/m1/s1. The minimum Gasteiger partial charge on any atom is -0.344 e. The van der Waals surface area contributed by atoms with Crippen LogP contribution in [0.15, 0.2) is 72.8 Å². The molecule has 5 rings (SSSR count). The number of hydrogen-bond donors (Lipinski definition) is 1. The van der Waals surface area contributed by atoms with Crippen molar-refractivity contribution in [1.29, 1.82) is 0 Å². The Morgan fingerprint density at radius 2 is 1.73 bits per heavy atom. The van der Waals surface area contributed by atoms with Crippen LogP contribution in [0.2, 0.25) is 15.1 Å². The van der Waals surface area contributed by atoms with Crippen LogP contribution in [0.1, 0.15) is 71.0 Å². The summed E-state index contributed by atoms with van der Waals surface area (Å²) in [5.41, 5.74) is 5.48. The van der Waals surface area contributed by atoms with E-state index in [4.69, 9.17) is 39.9 Å². The molecule has 0 spiro atoms. The Hall–Kier alpha value is -2.79. The number of fused-ring (bicyclic) bond motifs is 1. The zero-order valence-electron chi connectivity index (χ0n) is 20.6. The lowest BCUT2D eigenvalue weighted by atomic mass is 9.91. The van der Waals surface area contributed by atoms with Crippen molar-refractivity contribution in [3.8, 4) is 5.69 Å². The van der Waals surface area contributed by atoms with Gasteiger partial charge in [0.15, 0.2) is 5.69 Å². The van der Waals surface area contributed by atoms with Crippen molar-refractivity contribution in [3.63, 3.8) is 0 Å². The largest absolute Gasteiger partial charge is 0.344 e. The van der Waals surface area contributed by atoms with Crippen molar-refractivity contribution >= 4 is 40.7 Å². The quantitative estimate of drug-likeness (QED) is 0.244. The number of rotatable bonds is 6. The molecular weight excluding hydrogens is 525 g/mol. The third kappa shape index (κ3) is 5.72. The second-order valence-electron chi connectivity index (χ2n) is 9.60. The van der Waals surface area contributed by atoms with Gasteiger partial charge in [-0.1, -0.05) is 83.7 Å². The van der Waals surface area contributed by atoms with E-state index in [0.717, 1.165) is 59.6 Å². The first kappa shape index (κ1) is 25.8. The third-order valence-electron chi connectivity index (χ3n) is 7.03. The summed E-state index contributed by atoms with van der Waals surface area (Å²) in [6, 6.07) is 23.2. The monoisotopic (exact) mass is 551 g/mol. The van der Waals surface area contributed by atoms with Gasteiger partial charge >= 0.3 is 0 Å². The Morgan fingerprint density at radius 3 is 2.46 bits per heavy atom. The van der Waals surface area contributed by atoms with Gasteiger partial charge in [0.2, 0.25) is 0 Å². The number of nitrogens with one attached hydrogen (secondary N) is 1. The van der Waals surface area contributed by atoms with E-state index < -0.39 is 0 Å². The topological polar surface area (TPSA) is 46.9 Å². The minimum absolute atomic E-state index is 0.149. The van der Waals surface area contributed by atoms with E-state index in [0.29, 0.717) is 15.7 Å². The molecule has 190 valence electrons. The summed E-state index contributed by atoms with van der Waals surface area (Å²) in [6.07, 6.45) is 4.68. The Labute approximate surface area is 232 Å². The van der Waals surface area contributed by atoms with Crippen LogP contribution in [0.5, 0.6) is 0 Å². The van der Waals surface area contributed by atoms with Crippen LogP contribution in [0, 0.1) is 0 Å². The van der Waals surface area contributed by atoms with Gasteiger partial charge in [-0.05, 0) is 74.1 Å². The summed E-state index contributed by atoms with van der Waals surface area (Å²) in [6.45, 7) is 1.99. The zero-order chi connectivity index (χ0) is 25.9. The maximum Gasteiger partial charge on any atom is 0.272 e. The van der Waals surface area contributed by atoms with Gasteiger partial charge in [-0.2, -0.15) is 5.10 Å². The number of amides is 1. The molecule has 1 aliphatic rings. The first-order chi connectivity index (χ1) is 17.9. The van der Waals surface area contributed by atoms with Gasteiger partial charge in [0.05, 0.1) is 22.4 Å². The predicted molar refractivity (Wildman–Crippen MR) is 151 cm³/mol. The maximum absolute atomic E-state index is 13.6. The highest BCUT2D eigenvalue weighted by atomic mass is 35.5. The van der Waals surface area contributed by atoms with Crippen LogP contribution in [0.3, 0.4) is 0 Å². The predicted octanol–water partition coefficient (Wildman–Crippen LogP) is 8.38. The van der Waals surface area contributed by atoms with Crippen LogP contribution in [0.25, 0.3) is 5.69 Å². The number of hydrogen-bond acceptors (Lipinski definition) is 2.